The maximum absolute atomic E-state index is 12.9. The standard InChI is InChI=1S/C18H17N3O4S/c1-11(2)12-6-7-13(18(22)23)15(10-12)21-26(24,25)16-5-3-4-14-17(16)20-9-8-19-14/h3-11,21H,1-2H3,(H,22,23). The predicted octanol–water partition coefficient (Wildman–Crippen LogP) is 3.25. The molecule has 0 saturated heterocycles. The van der Waals surface area contributed by atoms with Gasteiger partial charge in [0.15, 0.2) is 0 Å². The minimum Gasteiger partial charge on any atom is -0.478 e. The maximum atomic E-state index is 12.9. The van der Waals surface area contributed by atoms with Crippen molar-refractivity contribution in [2.24, 2.45) is 0 Å². The lowest BCUT2D eigenvalue weighted by molar-refractivity contribution is 0.0698. The van der Waals surface area contributed by atoms with Crippen LogP contribution in [0.15, 0.2) is 53.7 Å². The number of fused-ring (bicyclic) bond motifs is 1. The van der Waals surface area contributed by atoms with E-state index in [4.69, 9.17) is 0 Å². The predicted molar refractivity (Wildman–Crippen MR) is 97.8 cm³/mol. The molecule has 0 bridgehead atoms. The van der Waals surface area contributed by atoms with Gasteiger partial charge in [-0.25, -0.2) is 13.2 Å². The number of aromatic nitrogens is 2. The van der Waals surface area contributed by atoms with Gasteiger partial charge in [0.25, 0.3) is 10.0 Å². The number of carboxylic acid groups (broad SMARTS) is 1. The fourth-order valence-corrected chi connectivity index (χ4v) is 3.81. The van der Waals surface area contributed by atoms with Crippen LogP contribution in [0.25, 0.3) is 11.0 Å². The lowest BCUT2D eigenvalue weighted by Gasteiger charge is -2.14. The Bertz CT molecular complexity index is 1090. The Morgan fingerprint density at radius 2 is 1.85 bits per heavy atom. The van der Waals surface area contributed by atoms with Crippen molar-refractivity contribution >= 4 is 32.7 Å². The fourth-order valence-electron chi connectivity index (χ4n) is 2.57. The van der Waals surface area contributed by atoms with Crippen molar-refractivity contribution in [3.8, 4) is 0 Å². The van der Waals surface area contributed by atoms with Gasteiger partial charge in [0.2, 0.25) is 0 Å². The van der Waals surface area contributed by atoms with E-state index in [-0.39, 0.29) is 27.6 Å². The number of aromatic carboxylic acids is 1. The van der Waals surface area contributed by atoms with Crippen LogP contribution >= 0.6 is 0 Å². The first-order valence-electron chi connectivity index (χ1n) is 7.89. The van der Waals surface area contributed by atoms with Crippen molar-refractivity contribution in [3.05, 3.63) is 59.9 Å². The second-order valence-electron chi connectivity index (χ2n) is 6.05. The zero-order valence-electron chi connectivity index (χ0n) is 14.2. The molecule has 7 nitrogen and oxygen atoms in total. The van der Waals surface area contributed by atoms with Crippen LogP contribution in [0, 0.1) is 0 Å². The van der Waals surface area contributed by atoms with Crippen molar-refractivity contribution in [1.82, 2.24) is 9.97 Å². The number of nitrogens with one attached hydrogen (secondary N) is 1. The van der Waals surface area contributed by atoms with Crippen LogP contribution in [0.5, 0.6) is 0 Å². The van der Waals surface area contributed by atoms with Gasteiger partial charge in [-0.15, -0.1) is 0 Å². The average Bonchev–Trinajstić information content (AvgIpc) is 2.60. The van der Waals surface area contributed by atoms with Crippen molar-refractivity contribution in [2.45, 2.75) is 24.7 Å². The summed E-state index contributed by atoms with van der Waals surface area (Å²) in [6, 6.07) is 9.25. The number of benzene rings is 2. The van der Waals surface area contributed by atoms with E-state index in [0.29, 0.717) is 5.52 Å². The van der Waals surface area contributed by atoms with Gasteiger partial charge in [-0.05, 0) is 35.7 Å². The summed E-state index contributed by atoms with van der Waals surface area (Å²) < 4.78 is 28.2. The van der Waals surface area contributed by atoms with Gasteiger partial charge in [0, 0.05) is 12.4 Å². The van der Waals surface area contributed by atoms with Crippen LogP contribution in [0.1, 0.15) is 35.7 Å². The molecule has 0 spiro atoms. The van der Waals surface area contributed by atoms with Crippen LogP contribution in [0.2, 0.25) is 0 Å². The Hall–Kier alpha value is -3.00. The van der Waals surface area contributed by atoms with E-state index >= 15 is 0 Å². The van der Waals surface area contributed by atoms with Crippen molar-refractivity contribution in [2.75, 3.05) is 4.72 Å². The van der Waals surface area contributed by atoms with E-state index in [1.54, 1.807) is 24.3 Å². The molecule has 26 heavy (non-hydrogen) atoms. The third kappa shape index (κ3) is 3.36. The summed E-state index contributed by atoms with van der Waals surface area (Å²) in [5.41, 5.74) is 1.38. The second-order valence-corrected chi connectivity index (χ2v) is 7.70. The second kappa shape index (κ2) is 6.72. The van der Waals surface area contributed by atoms with E-state index < -0.39 is 16.0 Å². The first kappa shape index (κ1) is 17.8. The van der Waals surface area contributed by atoms with Gasteiger partial charge < -0.3 is 5.11 Å². The number of rotatable bonds is 5. The molecule has 0 amide bonds. The Morgan fingerprint density at radius 3 is 2.54 bits per heavy atom. The maximum Gasteiger partial charge on any atom is 0.337 e. The summed E-state index contributed by atoms with van der Waals surface area (Å²) in [5, 5.41) is 9.38. The van der Waals surface area contributed by atoms with Gasteiger partial charge in [-0.2, -0.15) is 0 Å². The Kier molecular flexibility index (Phi) is 4.60. The minimum absolute atomic E-state index is 0.0181. The van der Waals surface area contributed by atoms with Crippen molar-refractivity contribution < 1.29 is 18.3 Å². The zero-order valence-corrected chi connectivity index (χ0v) is 15.0. The van der Waals surface area contributed by atoms with Gasteiger partial charge in [-0.3, -0.25) is 14.7 Å². The molecule has 8 heteroatoms. The third-order valence-electron chi connectivity index (χ3n) is 3.94. The first-order chi connectivity index (χ1) is 12.3. The number of anilines is 1. The summed E-state index contributed by atoms with van der Waals surface area (Å²) in [7, 11) is -4.05. The molecule has 0 saturated carbocycles. The van der Waals surface area contributed by atoms with E-state index in [9.17, 15) is 18.3 Å². The summed E-state index contributed by atoms with van der Waals surface area (Å²) in [5.74, 6) is -1.10. The highest BCUT2D eigenvalue weighted by atomic mass is 32.2. The zero-order chi connectivity index (χ0) is 18.9. The number of hydrogen-bond donors (Lipinski definition) is 2. The summed E-state index contributed by atoms with van der Waals surface area (Å²) in [6.07, 6.45) is 2.88. The first-order valence-corrected chi connectivity index (χ1v) is 9.37. The van der Waals surface area contributed by atoms with Gasteiger partial charge >= 0.3 is 5.97 Å². The fraction of sp³-hybridized carbons (Fsp3) is 0.167. The van der Waals surface area contributed by atoms with Crippen LogP contribution in [0.3, 0.4) is 0 Å². The molecular weight excluding hydrogens is 354 g/mol. The Balaban J connectivity index is 2.12. The molecule has 0 aliphatic carbocycles. The molecule has 0 unspecified atom stereocenters. The monoisotopic (exact) mass is 371 g/mol. The van der Waals surface area contributed by atoms with Crippen molar-refractivity contribution in [1.29, 1.82) is 0 Å². The summed E-state index contributed by atoms with van der Waals surface area (Å²) in [4.78, 5) is 19.6. The van der Waals surface area contributed by atoms with Crippen LogP contribution in [-0.2, 0) is 10.0 Å². The summed E-state index contributed by atoms with van der Waals surface area (Å²) in [6.45, 7) is 3.88. The average molecular weight is 371 g/mol. The molecule has 0 fully saturated rings. The number of carboxylic acids is 1. The molecule has 1 aromatic heterocycles. The minimum atomic E-state index is -4.05. The quantitative estimate of drug-likeness (QED) is 0.712. The topological polar surface area (TPSA) is 109 Å². The molecular formula is C18H17N3O4S. The van der Waals surface area contributed by atoms with Crippen LogP contribution in [-0.4, -0.2) is 29.5 Å². The van der Waals surface area contributed by atoms with Gasteiger partial charge in [0.1, 0.15) is 10.4 Å². The highest BCUT2D eigenvalue weighted by Gasteiger charge is 2.22. The number of sulfonamides is 1. The van der Waals surface area contributed by atoms with Crippen LogP contribution < -0.4 is 4.72 Å². The molecule has 2 aromatic carbocycles. The lowest BCUT2D eigenvalue weighted by atomic mass is 10.0. The van der Waals surface area contributed by atoms with Gasteiger partial charge in [0.05, 0.1) is 16.8 Å². The molecule has 3 rings (SSSR count). The highest BCUT2D eigenvalue weighted by Crippen LogP contribution is 2.27. The van der Waals surface area contributed by atoms with Crippen molar-refractivity contribution in [3.63, 3.8) is 0 Å². The third-order valence-corrected chi connectivity index (χ3v) is 5.33. The molecule has 0 atom stereocenters. The van der Waals surface area contributed by atoms with E-state index in [2.05, 4.69) is 14.7 Å². The SMILES string of the molecule is CC(C)c1ccc(C(=O)O)c(NS(=O)(=O)c2cccc3nccnc23)c1. The molecule has 0 aliphatic rings. The van der Waals surface area contributed by atoms with E-state index in [1.165, 1.54) is 24.5 Å². The van der Waals surface area contributed by atoms with E-state index in [0.717, 1.165) is 5.56 Å². The number of nitrogens with zero attached hydrogens (tertiary/aromatic N) is 2. The normalized spacial score (nSPS) is 11.7. The Labute approximate surface area is 150 Å². The largest absolute Gasteiger partial charge is 0.478 e. The van der Waals surface area contributed by atoms with Crippen LogP contribution in [0.4, 0.5) is 5.69 Å². The molecule has 1 heterocycles. The van der Waals surface area contributed by atoms with E-state index in [1.807, 2.05) is 13.8 Å². The molecule has 0 aliphatic heterocycles. The van der Waals surface area contributed by atoms with Gasteiger partial charge in [-0.1, -0.05) is 26.0 Å². The number of carbonyl (C=O) groups is 1. The lowest BCUT2D eigenvalue weighted by Crippen LogP contribution is -2.16. The molecule has 134 valence electrons. The molecule has 2 N–H and O–H groups in total. The summed E-state index contributed by atoms with van der Waals surface area (Å²) >= 11 is 0. The number of para-hydroxylation sites is 1. The highest BCUT2D eigenvalue weighted by molar-refractivity contribution is 7.93. The molecule has 3 aromatic rings. The smallest absolute Gasteiger partial charge is 0.337 e. The number of hydrogen-bond acceptors (Lipinski definition) is 5. The Morgan fingerprint density at radius 1 is 1.12 bits per heavy atom. The molecule has 0 radical (unpaired) electrons.